The van der Waals surface area contributed by atoms with Gasteiger partial charge in [-0.1, -0.05) is 18.2 Å². The van der Waals surface area contributed by atoms with Gasteiger partial charge in [-0.2, -0.15) is 10.2 Å². The maximum Gasteiger partial charge on any atom is 0.272 e. The van der Waals surface area contributed by atoms with Crippen LogP contribution in [-0.4, -0.2) is 40.0 Å². The summed E-state index contributed by atoms with van der Waals surface area (Å²) in [4.78, 5) is 18.5. The number of pyridine rings is 1. The van der Waals surface area contributed by atoms with Crippen LogP contribution in [0.15, 0.2) is 60.0 Å². The highest BCUT2D eigenvalue weighted by Gasteiger charge is 2.23. The lowest BCUT2D eigenvalue weighted by Gasteiger charge is -2.20. The molecule has 1 N–H and O–H groups in total. The minimum atomic E-state index is -0.292. The fourth-order valence-corrected chi connectivity index (χ4v) is 3.38. The molecule has 1 aliphatic rings. The SMILES string of the molecule is Cc1nn(-c2ccccc2)c(N2CCCC2)c1/C=N/NC(=O)c1cccnc1. The van der Waals surface area contributed by atoms with E-state index in [4.69, 9.17) is 5.10 Å². The monoisotopic (exact) mass is 374 g/mol. The van der Waals surface area contributed by atoms with Crippen LogP contribution >= 0.6 is 0 Å². The van der Waals surface area contributed by atoms with E-state index in [0.29, 0.717) is 5.56 Å². The molecular weight excluding hydrogens is 352 g/mol. The summed E-state index contributed by atoms with van der Waals surface area (Å²) in [6, 6.07) is 13.5. The third-order valence-corrected chi connectivity index (χ3v) is 4.77. The van der Waals surface area contributed by atoms with E-state index in [-0.39, 0.29) is 5.91 Å². The zero-order valence-electron chi connectivity index (χ0n) is 15.7. The molecule has 0 unspecified atom stereocenters. The summed E-state index contributed by atoms with van der Waals surface area (Å²) >= 11 is 0. The highest BCUT2D eigenvalue weighted by molar-refractivity contribution is 5.95. The Morgan fingerprint density at radius 1 is 1.14 bits per heavy atom. The molecular formula is C21H22N6O. The van der Waals surface area contributed by atoms with Gasteiger partial charge in [-0.3, -0.25) is 9.78 Å². The zero-order valence-corrected chi connectivity index (χ0v) is 15.7. The number of aromatic nitrogens is 3. The zero-order chi connectivity index (χ0) is 19.3. The van der Waals surface area contributed by atoms with E-state index >= 15 is 0 Å². The van der Waals surface area contributed by atoms with Gasteiger partial charge in [0.05, 0.1) is 28.7 Å². The Morgan fingerprint density at radius 2 is 1.93 bits per heavy atom. The standard InChI is InChI=1S/C21H22N6O/c1-16-19(15-23-24-20(28)17-8-7-11-22-14-17)21(26-12-5-6-13-26)27(25-16)18-9-3-2-4-10-18/h2-4,7-11,14-15H,5-6,12-13H2,1H3,(H,24,28)/b23-15+. The first kappa shape index (κ1) is 17.9. The number of anilines is 1. The van der Waals surface area contributed by atoms with Crippen molar-refractivity contribution in [1.82, 2.24) is 20.2 Å². The summed E-state index contributed by atoms with van der Waals surface area (Å²) in [5.41, 5.74) is 5.83. The molecule has 1 aromatic carbocycles. The van der Waals surface area contributed by atoms with Crippen molar-refractivity contribution < 1.29 is 4.79 Å². The van der Waals surface area contributed by atoms with E-state index < -0.39 is 0 Å². The highest BCUT2D eigenvalue weighted by atomic mass is 16.2. The van der Waals surface area contributed by atoms with Gasteiger partial charge >= 0.3 is 0 Å². The molecule has 0 radical (unpaired) electrons. The largest absolute Gasteiger partial charge is 0.356 e. The summed E-state index contributed by atoms with van der Waals surface area (Å²) in [7, 11) is 0. The molecule has 1 saturated heterocycles. The lowest BCUT2D eigenvalue weighted by molar-refractivity contribution is 0.0955. The third-order valence-electron chi connectivity index (χ3n) is 4.77. The van der Waals surface area contributed by atoms with E-state index in [0.717, 1.165) is 48.7 Å². The topological polar surface area (TPSA) is 75.4 Å². The molecule has 0 spiro atoms. The number of para-hydroxylation sites is 1. The number of benzene rings is 1. The van der Waals surface area contributed by atoms with Gasteiger partial charge in [0.1, 0.15) is 5.82 Å². The van der Waals surface area contributed by atoms with Gasteiger partial charge in [0.2, 0.25) is 0 Å². The molecule has 28 heavy (non-hydrogen) atoms. The van der Waals surface area contributed by atoms with Crippen molar-refractivity contribution in [3.05, 3.63) is 71.7 Å². The Labute approximate surface area is 163 Å². The molecule has 7 nitrogen and oxygen atoms in total. The Hall–Kier alpha value is -3.48. The van der Waals surface area contributed by atoms with Crippen molar-refractivity contribution in [3.63, 3.8) is 0 Å². The lowest BCUT2D eigenvalue weighted by Crippen LogP contribution is -2.23. The molecule has 4 rings (SSSR count). The first-order chi connectivity index (χ1) is 13.7. The number of hydrogen-bond donors (Lipinski definition) is 1. The van der Waals surface area contributed by atoms with Gasteiger partial charge in [-0.15, -0.1) is 0 Å². The van der Waals surface area contributed by atoms with Crippen LogP contribution in [0, 0.1) is 6.92 Å². The molecule has 142 valence electrons. The summed E-state index contributed by atoms with van der Waals surface area (Å²) in [5.74, 6) is 0.723. The van der Waals surface area contributed by atoms with Gasteiger partial charge in [0, 0.05) is 25.5 Å². The number of aryl methyl sites for hydroxylation is 1. The van der Waals surface area contributed by atoms with Gasteiger partial charge in [0.25, 0.3) is 5.91 Å². The summed E-state index contributed by atoms with van der Waals surface area (Å²) in [6.45, 7) is 3.94. The lowest BCUT2D eigenvalue weighted by atomic mass is 10.2. The number of carbonyl (C=O) groups excluding carboxylic acids is 1. The predicted molar refractivity (Wildman–Crippen MR) is 109 cm³/mol. The normalized spacial score (nSPS) is 14.0. The van der Waals surface area contributed by atoms with E-state index in [1.807, 2.05) is 41.9 Å². The molecule has 0 atom stereocenters. The second-order valence-electron chi connectivity index (χ2n) is 6.71. The fraction of sp³-hybridized carbons (Fsp3) is 0.238. The minimum absolute atomic E-state index is 0.292. The molecule has 7 heteroatoms. The Morgan fingerprint density at radius 3 is 2.64 bits per heavy atom. The summed E-state index contributed by atoms with van der Waals surface area (Å²) in [5, 5.41) is 8.93. The molecule has 3 heterocycles. The van der Waals surface area contributed by atoms with E-state index in [1.54, 1.807) is 24.5 Å². The molecule has 1 aliphatic heterocycles. The van der Waals surface area contributed by atoms with Gasteiger partial charge in [-0.25, -0.2) is 10.1 Å². The highest BCUT2D eigenvalue weighted by Crippen LogP contribution is 2.28. The average molecular weight is 374 g/mol. The van der Waals surface area contributed by atoms with Crippen LogP contribution in [0.25, 0.3) is 5.69 Å². The van der Waals surface area contributed by atoms with E-state index in [2.05, 4.69) is 20.4 Å². The Balaban J connectivity index is 1.64. The number of carbonyl (C=O) groups is 1. The van der Waals surface area contributed by atoms with Crippen LogP contribution < -0.4 is 10.3 Å². The second kappa shape index (κ2) is 8.04. The Kier molecular flexibility index (Phi) is 5.14. The number of rotatable bonds is 5. The van der Waals surface area contributed by atoms with E-state index in [9.17, 15) is 4.79 Å². The van der Waals surface area contributed by atoms with Crippen molar-refractivity contribution in [2.24, 2.45) is 5.10 Å². The van der Waals surface area contributed by atoms with Crippen LogP contribution in [0.2, 0.25) is 0 Å². The number of hydrazone groups is 1. The van der Waals surface area contributed by atoms with Crippen molar-refractivity contribution in [1.29, 1.82) is 0 Å². The maximum absolute atomic E-state index is 12.2. The van der Waals surface area contributed by atoms with Gasteiger partial charge < -0.3 is 4.90 Å². The number of amides is 1. The molecule has 0 aliphatic carbocycles. The van der Waals surface area contributed by atoms with Gasteiger partial charge in [-0.05, 0) is 44.0 Å². The Bertz CT molecular complexity index is 975. The van der Waals surface area contributed by atoms with Crippen LogP contribution in [-0.2, 0) is 0 Å². The van der Waals surface area contributed by atoms with Gasteiger partial charge in [0.15, 0.2) is 0 Å². The summed E-state index contributed by atoms with van der Waals surface area (Å²) in [6.07, 6.45) is 7.15. The fourth-order valence-electron chi connectivity index (χ4n) is 3.38. The quantitative estimate of drug-likeness (QED) is 0.550. The molecule has 0 bridgehead atoms. The third kappa shape index (κ3) is 3.64. The maximum atomic E-state index is 12.2. The molecule has 0 saturated carbocycles. The number of hydrogen-bond acceptors (Lipinski definition) is 5. The minimum Gasteiger partial charge on any atom is -0.356 e. The first-order valence-corrected chi connectivity index (χ1v) is 9.37. The van der Waals surface area contributed by atoms with Crippen LogP contribution in [0.1, 0.15) is 34.5 Å². The second-order valence-corrected chi connectivity index (χ2v) is 6.71. The van der Waals surface area contributed by atoms with Crippen LogP contribution in [0.5, 0.6) is 0 Å². The number of nitrogens with zero attached hydrogens (tertiary/aromatic N) is 5. The predicted octanol–water partition coefficient (Wildman–Crippen LogP) is 2.94. The van der Waals surface area contributed by atoms with Crippen molar-refractivity contribution >= 4 is 17.9 Å². The van der Waals surface area contributed by atoms with Crippen molar-refractivity contribution in [3.8, 4) is 5.69 Å². The molecule has 2 aromatic heterocycles. The summed E-state index contributed by atoms with van der Waals surface area (Å²) < 4.78 is 1.96. The van der Waals surface area contributed by atoms with Crippen molar-refractivity contribution in [2.75, 3.05) is 18.0 Å². The van der Waals surface area contributed by atoms with Crippen molar-refractivity contribution in [2.45, 2.75) is 19.8 Å². The van der Waals surface area contributed by atoms with Crippen LogP contribution in [0.4, 0.5) is 5.82 Å². The molecule has 1 fully saturated rings. The molecule has 1 amide bonds. The smallest absolute Gasteiger partial charge is 0.272 e. The van der Waals surface area contributed by atoms with Crippen LogP contribution in [0.3, 0.4) is 0 Å². The first-order valence-electron chi connectivity index (χ1n) is 9.37. The van der Waals surface area contributed by atoms with E-state index in [1.165, 1.54) is 6.20 Å². The molecule has 3 aromatic rings. The average Bonchev–Trinajstić information content (AvgIpc) is 3.37. The number of nitrogens with one attached hydrogen (secondary N) is 1.